The fraction of sp³-hybridized carbons (Fsp3) is 0.130. The number of rotatable bonds is 6. The molecule has 0 atom stereocenters. The molecule has 0 saturated carbocycles. The fourth-order valence-corrected chi connectivity index (χ4v) is 3.31. The van der Waals surface area contributed by atoms with Crippen LogP contribution in [0.5, 0.6) is 5.75 Å². The zero-order valence-electron chi connectivity index (χ0n) is 16.1. The number of ether oxygens (including phenoxy) is 2. The molecule has 1 aliphatic rings. The van der Waals surface area contributed by atoms with Crippen LogP contribution >= 0.6 is 11.6 Å². The number of anilines is 1. The van der Waals surface area contributed by atoms with E-state index >= 15 is 0 Å². The molecule has 0 spiro atoms. The van der Waals surface area contributed by atoms with Crippen LogP contribution < -0.4 is 9.64 Å². The Kier molecular flexibility index (Phi) is 6.20. The molecule has 0 fully saturated rings. The van der Waals surface area contributed by atoms with Crippen LogP contribution in [0.25, 0.3) is 6.08 Å². The molecule has 0 aromatic heterocycles. The van der Waals surface area contributed by atoms with Gasteiger partial charge in [-0.15, -0.1) is 0 Å². The van der Waals surface area contributed by atoms with Crippen LogP contribution in [0, 0.1) is 0 Å². The Hall–Kier alpha value is -3.31. The highest BCUT2D eigenvalue weighted by Gasteiger charge is 2.38. The topological polar surface area (TPSA) is 55.8 Å². The second kappa shape index (κ2) is 8.80. The van der Waals surface area contributed by atoms with Gasteiger partial charge in [-0.3, -0.25) is 9.69 Å². The van der Waals surface area contributed by atoms with E-state index in [4.69, 9.17) is 21.1 Å². The molecule has 2 aromatic carbocycles. The summed E-state index contributed by atoms with van der Waals surface area (Å²) in [6.45, 7) is 5.71. The lowest BCUT2D eigenvalue weighted by molar-refractivity contribution is -0.136. The first-order valence-electron chi connectivity index (χ1n) is 8.92. The molecular formula is C23H20ClNO4. The van der Waals surface area contributed by atoms with E-state index in [1.54, 1.807) is 67.6 Å². The van der Waals surface area contributed by atoms with E-state index in [1.165, 1.54) is 12.0 Å². The number of methoxy groups -OCH3 is 1. The zero-order valence-corrected chi connectivity index (χ0v) is 16.9. The van der Waals surface area contributed by atoms with Crippen molar-refractivity contribution in [3.8, 4) is 5.75 Å². The van der Waals surface area contributed by atoms with Gasteiger partial charge in [0.05, 0.1) is 29.0 Å². The summed E-state index contributed by atoms with van der Waals surface area (Å²) in [4.78, 5) is 27.1. The minimum Gasteiger partial charge on any atom is -0.490 e. The maximum atomic E-state index is 13.2. The predicted molar refractivity (Wildman–Crippen MR) is 114 cm³/mol. The summed E-state index contributed by atoms with van der Waals surface area (Å²) in [5.41, 5.74) is 2.18. The summed E-state index contributed by atoms with van der Waals surface area (Å²) in [6.07, 6.45) is 3.32. The van der Waals surface area contributed by atoms with Gasteiger partial charge in [-0.2, -0.15) is 0 Å². The molecule has 3 rings (SSSR count). The summed E-state index contributed by atoms with van der Waals surface area (Å²) in [5, 5.41) is 0.411. The molecule has 0 aliphatic carbocycles. The molecule has 2 aromatic rings. The number of benzene rings is 2. The average Bonchev–Trinajstić information content (AvgIpc) is 2.97. The quantitative estimate of drug-likeness (QED) is 0.391. The number of carbonyl (C=O) groups is 2. The molecule has 0 N–H and O–H groups in total. The number of carbonyl (C=O) groups excluding carboxylic acids is 2. The third-order valence-corrected chi connectivity index (χ3v) is 4.76. The highest BCUT2D eigenvalue weighted by atomic mass is 35.5. The van der Waals surface area contributed by atoms with Crippen molar-refractivity contribution in [3.05, 3.63) is 88.6 Å². The molecule has 148 valence electrons. The average molecular weight is 410 g/mol. The van der Waals surface area contributed by atoms with Gasteiger partial charge in [-0.1, -0.05) is 48.5 Å². The standard InChI is InChI=1S/C23H20ClNO4/c1-4-13-29-17-11-9-16(10-12-17)14-18-21(23(27)28-3)15(2)25(22(18)26)20-8-6-5-7-19(20)24/h4-12,14H,1,13H2,2-3H3/b18-14-. The van der Waals surface area contributed by atoms with E-state index in [9.17, 15) is 9.59 Å². The molecule has 5 nitrogen and oxygen atoms in total. The second-order valence-electron chi connectivity index (χ2n) is 6.27. The number of amides is 1. The van der Waals surface area contributed by atoms with Crippen molar-refractivity contribution in [2.24, 2.45) is 0 Å². The van der Waals surface area contributed by atoms with Gasteiger partial charge in [0.25, 0.3) is 5.91 Å². The highest BCUT2D eigenvalue weighted by molar-refractivity contribution is 6.35. The molecule has 29 heavy (non-hydrogen) atoms. The number of para-hydroxylation sites is 1. The van der Waals surface area contributed by atoms with E-state index in [0.29, 0.717) is 28.8 Å². The van der Waals surface area contributed by atoms with Gasteiger partial charge >= 0.3 is 5.97 Å². The third-order valence-electron chi connectivity index (χ3n) is 4.44. The van der Waals surface area contributed by atoms with E-state index in [0.717, 1.165) is 5.56 Å². The lowest BCUT2D eigenvalue weighted by Gasteiger charge is -2.19. The van der Waals surface area contributed by atoms with Crippen LogP contribution in [-0.4, -0.2) is 25.6 Å². The Bertz CT molecular complexity index is 1020. The number of allylic oxidation sites excluding steroid dienone is 1. The second-order valence-corrected chi connectivity index (χ2v) is 6.68. The van der Waals surface area contributed by atoms with Gasteiger partial charge in [-0.25, -0.2) is 4.79 Å². The van der Waals surface area contributed by atoms with Crippen LogP contribution in [-0.2, 0) is 14.3 Å². The lowest BCUT2D eigenvalue weighted by Crippen LogP contribution is -2.24. The Morgan fingerprint density at radius 1 is 1.17 bits per heavy atom. The lowest BCUT2D eigenvalue weighted by atomic mass is 10.0. The fourth-order valence-electron chi connectivity index (χ4n) is 3.09. The van der Waals surface area contributed by atoms with Crippen molar-refractivity contribution in [2.75, 3.05) is 18.6 Å². The Morgan fingerprint density at radius 2 is 1.86 bits per heavy atom. The minimum absolute atomic E-state index is 0.212. The van der Waals surface area contributed by atoms with Crippen molar-refractivity contribution >= 4 is 35.2 Å². The molecular weight excluding hydrogens is 390 g/mol. The van der Waals surface area contributed by atoms with Crippen molar-refractivity contribution in [3.63, 3.8) is 0 Å². The summed E-state index contributed by atoms with van der Waals surface area (Å²) < 4.78 is 10.4. The van der Waals surface area contributed by atoms with E-state index in [2.05, 4.69) is 6.58 Å². The summed E-state index contributed by atoms with van der Waals surface area (Å²) in [6, 6.07) is 14.2. The van der Waals surface area contributed by atoms with E-state index < -0.39 is 5.97 Å². The smallest absolute Gasteiger partial charge is 0.340 e. The number of esters is 1. The summed E-state index contributed by atoms with van der Waals surface area (Å²) in [7, 11) is 1.29. The monoisotopic (exact) mass is 409 g/mol. The number of nitrogens with zero attached hydrogens (tertiary/aromatic N) is 1. The van der Waals surface area contributed by atoms with Gasteiger partial charge in [0.15, 0.2) is 0 Å². The maximum Gasteiger partial charge on any atom is 0.340 e. The van der Waals surface area contributed by atoms with Gasteiger partial charge in [0, 0.05) is 5.70 Å². The summed E-state index contributed by atoms with van der Waals surface area (Å²) in [5.74, 6) is -0.243. The van der Waals surface area contributed by atoms with Crippen LogP contribution in [0.4, 0.5) is 5.69 Å². The van der Waals surface area contributed by atoms with Crippen molar-refractivity contribution in [2.45, 2.75) is 6.92 Å². The number of halogens is 1. The normalized spacial score (nSPS) is 15.1. The zero-order chi connectivity index (χ0) is 21.0. The van der Waals surface area contributed by atoms with Crippen LogP contribution in [0.3, 0.4) is 0 Å². The van der Waals surface area contributed by atoms with Gasteiger partial charge < -0.3 is 9.47 Å². The van der Waals surface area contributed by atoms with Crippen molar-refractivity contribution in [1.29, 1.82) is 0 Å². The molecule has 0 saturated heterocycles. The van der Waals surface area contributed by atoms with Crippen molar-refractivity contribution in [1.82, 2.24) is 0 Å². The first-order chi connectivity index (χ1) is 14.0. The largest absolute Gasteiger partial charge is 0.490 e. The van der Waals surface area contributed by atoms with Gasteiger partial charge in [-0.05, 0) is 42.8 Å². The Morgan fingerprint density at radius 3 is 2.48 bits per heavy atom. The first kappa shape index (κ1) is 20.4. The van der Waals surface area contributed by atoms with Crippen LogP contribution in [0.2, 0.25) is 5.02 Å². The Labute approximate surface area is 174 Å². The van der Waals surface area contributed by atoms with Crippen LogP contribution in [0.15, 0.2) is 78.0 Å². The molecule has 1 heterocycles. The van der Waals surface area contributed by atoms with Crippen molar-refractivity contribution < 1.29 is 19.1 Å². The third kappa shape index (κ3) is 4.10. The number of hydrogen-bond acceptors (Lipinski definition) is 4. The van der Waals surface area contributed by atoms with E-state index in [1.807, 2.05) is 0 Å². The number of hydrogen-bond donors (Lipinski definition) is 0. The Balaban J connectivity index is 2.04. The van der Waals surface area contributed by atoms with Gasteiger partial charge in [0.2, 0.25) is 0 Å². The molecule has 1 amide bonds. The molecule has 0 bridgehead atoms. The first-order valence-corrected chi connectivity index (χ1v) is 9.29. The van der Waals surface area contributed by atoms with E-state index in [-0.39, 0.29) is 17.1 Å². The molecule has 0 unspecified atom stereocenters. The predicted octanol–water partition coefficient (Wildman–Crippen LogP) is 4.78. The minimum atomic E-state index is -0.581. The summed E-state index contributed by atoms with van der Waals surface area (Å²) >= 11 is 6.29. The maximum absolute atomic E-state index is 13.2. The van der Waals surface area contributed by atoms with Gasteiger partial charge in [0.1, 0.15) is 12.4 Å². The highest BCUT2D eigenvalue weighted by Crippen LogP contribution is 2.38. The van der Waals surface area contributed by atoms with Crippen LogP contribution in [0.1, 0.15) is 12.5 Å². The SMILES string of the molecule is C=CCOc1ccc(/C=C2\C(=O)N(c3ccccc3Cl)C(C)=C2C(=O)OC)cc1. The molecule has 1 aliphatic heterocycles. The molecule has 0 radical (unpaired) electrons. The molecule has 6 heteroatoms.